The summed E-state index contributed by atoms with van der Waals surface area (Å²) in [7, 11) is 0. The number of primary amides is 1. The van der Waals surface area contributed by atoms with Crippen molar-refractivity contribution in [2.45, 2.75) is 18.9 Å². The molecule has 2 rings (SSSR count). The number of nitrogens with two attached hydrogens (primary N) is 3. The third kappa shape index (κ3) is 4.35. The Hall–Kier alpha value is -2.28. The van der Waals surface area contributed by atoms with E-state index in [9.17, 15) is 9.59 Å². The number of hydrogen-bond donors (Lipinski definition) is 4. The summed E-state index contributed by atoms with van der Waals surface area (Å²) >= 11 is 0. The summed E-state index contributed by atoms with van der Waals surface area (Å²) < 4.78 is 0. The molecule has 1 aromatic rings. The van der Waals surface area contributed by atoms with Gasteiger partial charge in [0.05, 0.1) is 6.54 Å². The highest BCUT2D eigenvalue weighted by Crippen LogP contribution is 2.15. The van der Waals surface area contributed by atoms with Gasteiger partial charge in [0.25, 0.3) is 5.91 Å². The van der Waals surface area contributed by atoms with Crippen molar-refractivity contribution < 1.29 is 9.59 Å². The van der Waals surface area contributed by atoms with Crippen molar-refractivity contribution in [3.8, 4) is 0 Å². The molecule has 1 heterocycles. The van der Waals surface area contributed by atoms with E-state index in [1.165, 1.54) is 0 Å². The number of carbonyl (C=O) groups excluding carboxylic acids is 2. The van der Waals surface area contributed by atoms with Crippen molar-refractivity contribution in [2.75, 3.05) is 31.1 Å². The number of anilines is 2. The van der Waals surface area contributed by atoms with Gasteiger partial charge >= 0.3 is 0 Å². The van der Waals surface area contributed by atoms with Crippen molar-refractivity contribution in [1.82, 2.24) is 10.2 Å². The zero-order valence-electron chi connectivity index (χ0n) is 11.8. The molecule has 1 fully saturated rings. The molecule has 0 saturated carbocycles. The molecule has 1 saturated heterocycles. The first kappa shape index (κ1) is 15.1. The highest BCUT2D eigenvalue weighted by molar-refractivity contribution is 5.96. The van der Waals surface area contributed by atoms with E-state index in [-0.39, 0.29) is 24.4 Å². The summed E-state index contributed by atoms with van der Waals surface area (Å²) in [5, 5.41) is 2.97. The van der Waals surface area contributed by atoms with Crippen LogP contribution in [-0.2, 0) is 4.79 Å². The summed E-state index contributed by atoms with van der Waals surface area (Å²) in [5.74, 6) is -0.505. The predicted molar refractivity (Wildman–Crippen MR) is 81.4 cm³/mol. The molecule has 1 aliphatic rings. The smallest absolute Gasteiger partial charge is 0.251 e. The molecule has 1 aliphatic heterocycles. The Bertz CT molecular complexity index is 518. The minimum atomic E-state index is -0.326. The third-order valence-corrected chi connectivity index (χ3v) is 3.54. The summed E-state index contributed by atoms with van der Waals surface area (Å²) in [6.45, 7) is 1.76. The molecule has 0 unspecified atom stereocenters. The van der Waals surface area contributed by atoms with E-state index in [4.69, 9.17) is 17.2 Å². The molecule has 0 atom stereocenters. The van der Waals surface area contributed by atoms with E-state index in [1.54, 1.807) is 18.2 Å². The van der Waals surface area contributed by atoms with Gasteiger partial charge in [-0.05, 0) is 31.0 Å². The average molecular weight is 291 g/mol. The topological polar surface area (TPSA) is 127 Å². The predicted octanol–water partition coefficient (Wildman–Crippen LogP) is -0.469. The van der Waals surface area contributed by atoms with Gasteiger partial charge in [-0.15, -0.1) is 0 Å². The fourth-order valence-electron chi connectivity index (χ4n) is 2.53. The Morgan fingerprint density at radius 1 is 1.14 bits per heavy atom. The van der Waals surface area contributed by atoms with Gasteiger partial charge in [0.2, 0.25) is 5.91 Å². The molecule has 0 spiro atoms. The third-order valence-electron chi connectivity index (χ3n) is 3.54. The zero-order valence-corrected chi connectivity index (χ0v) is 11.8. The molecule has 0 radical (unpaired) electrons. The number of benzene rings is 1. The summed E-state index contributed by atoms with van der Waals surface area (Å²) in [6, 6.07) is 4.91. The molecular formula is C14H21N5O2. The molecule has 7 N–H and O–H groups in total. The molecule has 7 heteroatoms. The summed E-state index contributed by atoms with van der Waals surface area (Å²) in [4.78, 5) is 25.0. The Morgan fingerprint density at radius 3 is 2.24 bits per heavy atom. The van der Waals surface area contributed by atoms with Crippen LogP contribution in [0.1, 0.15) is 23.2 Å². The number of likely N-dealkylation sites (tertiary alicyclic amines) is 1. The van der Waals surface area contributed by atoms with Crippen LogP contribution < -0.4 is 22.5 Å². The number of hydrogen-bond acceptors (Lipinski definition) is 5. The van der Waals surface area contributed by atoms with E-state index in [1.807, 2.05) is 4.90 Å². The molecule has 7 nitrogen and oxygen atoms in total. The molecule has 0 aliphatic carbocycles. The van der Waals surface area contributed by atoms with Crippen LogP contribution >= 0.6 is 0 Å². The van der Waals surface area contributed by atoms with Gasteiger partial charge in [0.1, 0.15) is 0 Å². The Labute approximate surface area is 123 Å². The lowest BCUT2D eigenvalue weighted by Crippen LogP contribution is -2.46. The fraction of sp³-hybridized carbons (Fsp3) is 0.429. The number of amides is 2. The second-order valence-electron chi connectivity index (χ2n) is 5.38. The highest BCUT2D eigenvalue weighted by Gasteiger charge is 2.22. The number of nitrogens with zero attached hydrogens (tertiary/aromatic N) is 1. The molecular weight excluding hydrogens is 270 g/mol. The van der Waals surface area contributed by atoms with E-state index in [2.05, 4.69) is 5.32 Å². The van der Waals surface area contributed by atoms with Crippen LogP contribution in [-0.4, -0.2) is 42.4 Å². The number of carbonyl (C=O) groups is 2. The van der Waals surface area contributed by atoms with Gasteiger partial charge in [-0.1, -0.05) is 0 Å². The lowest BCUT2D eigenvalue weighted by Gasteiger charge is -2.31. The van der Waals surface area contributed by atoms with Gasteiger partial charge in [-0.25, -0.2) is 0 Å². The summed E-state index contributed by atoms with van der Waals surface area (Å²) in [5.41, 5.74) is 17.9. The minimum absolute atomic E-state index is 0.0873. The number of nitrogens with one attached hydrogen (secondary N) is 1. The fourth-order valence-corrected chi connectivity index (χ4v) is 2.53. The molecule has 2 amide bonds. The molecule has 21 heavy (non-hydrogen) atoms. The van der Waals surface area contributed by atoms with Crippen LogP contribution in [0.15, 0.2) is 18.2 Å². The maximum absolute atomic E-state index is 12.2. The van der Waals surface area contributed by atoms with E-state index < -0.39 is 0 Å². The van der Waals surface area contributed by atoms with Crippen molar-refractivity contribution in [3.05, 3.63) is 23.8 Å². The van der Waals surface area contributed by atoms with Gasteiger partial charge in [-0.2, -0.15) is 0 Å². The van der Waals surface area contributed by atoms with Crippen molar-refractivity contribution in [3.63, 3.8) is 0 Å². The van der Waals surface area contributed by atoms with Crippen LogP contribution in [0.3, 0.4) is 0 Å². The van der Waals surface area contributed by atoms with Crippen LogP contribution in [0.25, 0.3) is 0 Å². The quantitative estimate of drug-likeness (QED) is 0.558. The van der Waals surface area contributed by atoms with Crippen molar-refractivity contribution >= 4 is 23.2 Å². The van der Waals surface area contributed by atoms with E-state index in [0.717, 1.165) is 25.9 Å². The lowest BCUT2D eigenvalue weighted by molar-refractivity contribution is -0.119. The van der Waals surface area contributed by atoms with Crippen molar-refractivity contribution in [2.24, 2.45) is 5.73 Å². The molecule has 1 aromatic carbocycles. The van der Waals surface area contributed by atoms with Gasteiger partial charge in [-0.3, -0.25) is 14.5 Å². The van der Waals surface area contributed by atoms with E-state index >= 15 is 0 Å². The number of rotatable bonds is 4. The molecule has 0 bridgehead atoms. The normalized spacial score (nSPS) is 16.6. The van der Waals surface area contributed by atoms with Crippen LogP contribution in [0.2, 0.25) is 0 Å². The van der Waals surface area contributed by atoms with Crippen LogP contribution in [0.4, 0.5) is 11.4 Å². The SMILES string of the molecule is NC(=O)CN1CCC(NC(=O)c2cc(N)cc(N)c2)CC1. The monoisotopic (exact) mass is 291 g/mol. The first-order valence-electron chi connectivity index (χ1n) is 6.91. The Balaban J connectivity index is 1.88. The van der Waals surface area contributed by atoms with Crippen molar-refractivity contribution in [1.29, 1.82) is 0 Å². The first-order chi connectivity index (χ1) is 9.94. The van der Waals surface area contributed by atoms with E-state index in [0.29, 0.717) is 16.9 Å². The second kappa shape index (κ2) is 6.45. The first-order valence-corrected chi connectivity index (χ1v) is 6.91. The van der Waals surface area contributed by atoms with Gasteiger partial charge in [0.15, 0.2) is 0 Å². The standard InChI is InChI=1S/C14H21N5O2/c15-10-5-9(6-11(16)7-10)14(21)18-12-1-3-19(4-2-12)8-13(17)20/h5-7,12H,1-4,8,15-16H2,(H2,17,20)(H,18,21). The number of piperidine rings is 1. The van der Waals surface area contributed by atoms with Gasteiger partial charge in [0, 0.05) is 36.1 Å². The van der Waals surface area contributed by atoms with Gasteiger partial charge < -0.3 is 22.5 Å². The highest BCUT2D eigenvalue weighted by atomic mass is 16.2. The maximum Gasteiger partial charge on any atom is 0.251 e. The average Bonchev–Trinajstić information content (AvgIpc) is 2.39. The van der Waals surface area contributed by atoms with Crippen LogP contribution in [0.5, 0.6) is 0 Å². The molecule has 114 valence electrons. The lowest BCUT2D eigenvalue weighted by atomic mass is 10.0. The zero-order chi connectivity index (χ0) is 15.4. The Kier molecular flexibility index (Phi) is 4.64. The maximum atomic E-state index is 12.2. The molecule has 0 aromatic heterocycles. The second-order valence-corrected chi connectivity index (χ2v) is 5.38. The van der Waals surface area contributed by atoms with Crippen LogP contribution in [0, 0.1) is 0 Å². The largest absolute Gasteiger partial charge is 0.399 e. The Morgan fingerprint density at radius 2 is 1.71 bits per heavy atom. The summed E-state index contributed by atoms with van der Waals surface area (Å²) in [6.07, 6.45) is 1.58. The minimum Gasteiger partial charge on any atom is -0.399 e. The number of nitrogen functional groups attached to an aromatic ring is 2.